The number of hydrogen-bond acceptors (Lipinski definition) is 6. The maximum Gasteiger partial charge on any atom is 0.191 e. The standard InChI is InChI=1S/C23H37N7O2.HI/c1-5-29(6-2)13-14-32-20-10-7-18(8-11-20)15-25-23(24-3)26-19-9-12-22-27-21(17-31-4)28-30(22)16-19;/h7-8,10-11,19H,5-6,9,12-17H2,1-4H3,(H2,24,25,26);1H. The highest BCUT2D eigenvalue weighted by atomic mass is 127. The van der Waals surface area contributed by atoms with Gasteiger partial charge >= 0.3 is 0 Å². The quantitative estimate of drug-likeness (QED) is 0.244. The van der Waals surface area contributed by atoms with E-state index in [-0.39, 0.29) is 30.0 Å². The molecule has 0 fully saturated rings. The second-order valence-electron chi connectivity index (χ2n) is 7.88. The van der Waals surface area contributed by atoms with E-state index >= 15 is 0 Å². The summed E-state index contributed by atoms with van der Waals surface area (Å²) in [5.74, 6) is 3.46. The van der Waals surface area contributed by atoms with Gasteiger partial charge in [-0.1, -0.05) is 26.0 Å². The van der Waals surface area contributed by atoms with Crippen molar-refractivity contribution in [3.8, 4) is 5.75 Å². The number of nitrogens with one attached hydrogen (secondary N) is 2. The van der Waals surface area contributed by atoms with Crippen LogP contribution in [0.5, 0.6) is 5.75 Å². The number of aliphatic imine (C=N–C) groups is 1. The third-order valence-electron chi connectivity index (χ3n) is 5.69. The number of nitrogens with zero attached hydrogens (tertiary/aromatic N) is 5. The molecule has 9 nitrogen and oxygen atoms in total. The topological polar surface area (TPSA) is 88.8 Å². The molecule has 1 atom stereocenters. The second-order valence-corrected chi connectivity index (χ2v) is 7.88. The van der Waals surface area contributed by atoms with E-state index in [9.17, 15) is 0 Å². The molecule has 184 valence electrons. The van der Waals surface area contributed by atoms with Gasteiger partial charge in [-0.15, -0.1) is 24.0 Å². The zero-order chi connectivity index (χ0) is 22.8. The molecule has 1 aliphatic heterocycles. The van der Waals surface area contributed by atoms with Crippen LogP contribution in [0.25, 0.3) is 0 Å². The number of fused-ring (bicyclic) bond motifs is 1. The Bertz CT molecular complexity index is 853. The monoisotopic (exact) mass is 571 g/mol. The predicted octanol–water partition coefficient (Wildman–Crippen LogP) is 2.44. The van der Waals surface area contributed by atoms with Crippen molar-refractivity contribution in [3.63, 3.8) is 0 Å². The average Bonchev–Trinajstić information content (AvgIpc) is 3.22. The van der Waals surface area contributed by atoms with Gasteiger partial charge in [-0.3, -0.25) is 4.99 Å². The summed E-state index contributed by atoms with van der Waals surface area (Å²) in [6.07, 6.45) is 1.88. The number of likely N-dealkylation sites (N-methyl/N-ethyl adjacent to an activating group) is 1. The van der Waals surface area contributed by atoms with Crippen LogP contribution in [0.1, 0.15) is 37.5 Å². The fourth-order valence-corrected chi connectivity index (χ4v) is 3.78. The molecule has 0 saturated carbocycles. The number of aromatic nitrogens is 3. The van der Waals surface area contributed by atoms with Gasteiger partial charge in [0.15, 0.2) is 11.8 Å². The van der Waals surface area contributed by atoms with Crippen LogP contribution in [0.4, 0.5) is 0 Å². The summed E-state index contributed by atoms with van der Waals surface area (Å²) >= 11 is 0. The van der Waals surface area contributed by atoms with Crippen LogP contribution in [0.15, 0.2) is 29.3 Å². The summed E-state index contributed by atoms with van der Waals surface area (Å²) in [4.78, 5) is 11.3. The highest BCUT2D eigenvalue weighted by Gasteiger charge is 2.22. The number of rotatable bonds is 11. The molecule has 33 heavy (non-hydrogen) atoms. The van der Waals surface area contributed by atoms with E-state index in [1.165, 1.54) is 5.56 Å². The van der Waals surface area contributed by atoms with Crippen LogP contribution in [0, 0.1) is 0 Å². The van der Waals surface area contributed by atoms with Gasteiger partial charge in [0.05, 0.1) is 6.54 Å². The van der Waals surface area contributed by atoms with Crippen LogP contribution in [0.3, 0.4) is 0 Å². The summed E-state index contributed by atoms with van der Waals surface area (Å²) in [5.41, 5.74) is 1.18. The number of ether oxygens (including phenoxy) is 2. The lowest BCUT2D eigenvalue weighted by molar-refractivity contribution is 0.177. The van der Waals surface area contributed by atoms with Gasteiger partial charge < -0.3 is 25.0 Å². The maximum atomic E-state index is 5.87. The van der Waals surface area contributed by atoms with Crippen molar-refractivity contribution in [1.82, 2.24) is 30.3 Å². The minimum absolute atomic E-state index is 0. The average molecular weight is 572 g/mol. The van der Waals surface area contributed by atoms with Crippen molar-refractivity contribution in [2.24, 2.45) is 4.99 Å². The molecule has 0 spiro atoms. The van der Waals surface area contributed by atoms with Crippen molar-refractivity contribution < 1.29 is 9.47 Å². The smallest absolute Gasteiger partial charge is 0.191 e. The SMILES string of the molecule is CCN(CC)CCOc1ccc(CNC(=NC)NC2CCc3nc(COC)nn3C2)cc1.I. The molecule has 2 aromatic rings. The van der Waals surface area contributed by atoms with Crippen molar-refractivity contribution in [2.45, 2.75) is 52.4 Å². The van der Waals surface area contributed by atoms with Crippen molar-refractivity contribution in [3.05, 3.63) is 41.5 Å². The van der Waals surface area contributed by atoms with E-state index in [0.717, 1.165) is 62.4 Å². The fourth-order valence-electron chi connectivity index (χ4n) is 3.78. The summed E-state index contributed by atoms with van der Waals surface area (Å²) in [6.45, 7) is 10.0. The first-order chi connectivity index (χ1) is 15.6. The molecule has 2 N–H and O–H groups in total. The zero-order valence-electron chi connectivity index (χ0n) is 20.2. The zero-order valence-corrected chi connectivity index (χ0v) is 22.5. The Balaban J connectivity index is 0.00000385. The van der Waals surface area contributed by atoms with Crippen LogP contribution in [-0.4, -0.2) is 72.1 Å². The molecule has 0 saturated heterocycles. The lowest BCUT2D eigenvalue weighted by Gasteiger charge is -2.25. The molecule has 1 unspecified atom stereocenters. The molecular weight excluding hydrogens is 533 g/mol. The van der Waals surface area contributed by atoms with Gasteiger partial charge in [-0.2, -0.15) is 5.10 Å². The number of guanidine groups is 1. The molecule has 0 aliphatic carbocycles. The molecular formula is C23H38IN7O2. The number of hydrogen-bond donors (Lipinski definition) is 2. The van der Waals surface area contributed by atoms with Gasteiger partial charge in [0.1, 0.15) is 24.8 Å². The summed E-state index contributed by atoms with van der Waals surface area (Å²) in [6, 6.07) is 8.49. The molecule has 1 aliphatic rings. The Morgan fingerprint density at radius 1 is 1.24 bits per heavy atom. The van der Waals surface area contributed by atoms with Gasteiger partial charge in [-0.05, 0) is 37.2 Å². The second kappa shape index (κ2) is 14.4. The van der Waals surface area contributed by atoms with E-state index in [2.05, 4.69) is 56.6 Å². The van der Waals surface area contributed by atoms with Gasteiger partial charge in [0.25, 0.3) is 0 Å². The van der Waals surface area contributed by atoms with E-state index < -0.39 is 0 Å². The third-order valence-corrected chi connectivity index (χ3v) is 5.69. The summed E-state index contributed by atoms with van der Waals surface area (Å²) in [5, 5.41) is 11.4. The van der Waals surface area contributed by atoms with E-state index in [4.69, 9.17) is 9.47 Å². The van der Waals surface area contributed by atoms with Gasteiger partial charge in [0, 0.05) is 39.7 Å². The van der Waals surface area contributed by atoms with Crippen LogP contribution < -0.4 is 15.4 Å². The van der Waals surface area contributed by atoms with Crippen LogP contribution in [0.2, 0.25) is 0 Å². The van der Waals surface area contributed by atoms with Gasteiger partial charge in [0.2, 0.25) is 0 Å². The van der Waals surface area contributed by atoms with Crippen molar-refractivity contribution in [1.29, 1.82) is 0 Å². The Morgan fingerprint density at radius 3 is 2.67 bits per heavy atom. The molecule has 10 heteroatoms. The minimum Gasteiger partial charge on any atom is -0.492 e. The number of aryl methyl sites for hydroxylation is 1. The van der Waals surface area contributed by atoms with Crippen molar-refractivity contribution >= 4 is 29.9 Å². The van der Waals surface area contributed by atoms with Crippen molar-refractivity contribution in [2.75, 3.05) is 40.4 Å². The molecule has 3 rings (SSSR count). The minimum atomic E-state index is 0. The number of halogens is 1. The largest absolute Gasteiger partial charge is 0.492 e. The van der Waals surface area contributed by atoms with Crippen LogP contribution >= 0.6 is 24.0 Å². The normalized spacial score (nSPS) is 15.7. The maximum absolute atomic E-state index is 5.87. The Hall–Kier alpha value is -1.92. The Kier molecular flexibility index (Phi) is 11.9. The van der Waals surface area contributed by atoms with Gasteiger partial charge in [-0.25, -0.2) is 9.67 Å². The first-order valence-electron chi connectivity index (χ1n) is 11.5. The lowest BCUT2D eigenvalue weighted by Crippen LogP contribution is -2.46. The fraction of sp³-hybridized carbons (Fsp3) is 0.609. The van der Waals surface area contributed by atoms with E-state index in [1.54, 1.807) is 14.2 Å². The Labute approximate surface area is 214 Å². The summed E-state index contributed by atoms with van der Waals surface area (Å²) < 4.78 is 13.0. The lowest BCUT2D eigenvalue weighted by atomic mass is 10.1. The first-order valence-corrected chi connectivity index (χ1v) is 11.5. The molecule has 1 aromatic carbocycles. The highest BCUT2D eigenvalue weighted by Crippen LogP contribution is 2.14. The molecule has 1 aromatic heterocycles. The molecule has 0 radical (unpaired) electrons. The highest BCUT2D eigenvalue weighted by molar-refractivity contribution is 14.0. The molecule has 0 amide bonds. The van der Waals surface area contributed by atoms with Crippen LogP contribution in [-0.2, 0) is 30.9 Å². The predicted molar refractivity (Wildman–Crippen MR) is 141 cm³/mol. The summed E-state index contributed by atoms with van der Waals surface area (Å²) in [7, 11) is 3.46. The number of benzene rings is 1. The Morgan fingerprint density at radius 2 is 2.00 bits per heavy atom. The van der Waals surface area contributed by atoms with E-state index in [1.807, 2.05) is 16.8 Å². The van der Waals surface area contributed by atoms with E-state index in [0.29, 0.717) is 19.8 Å². The molecule has 0 bridgehead atoms. The third kappa shape index (κ3) is 8.42. The first kappa shape index (κ1) is 27.3. The molecule has 2 heterocycles. The number of methoxy groups -OCH3 is 1.